The van der Waals surface area contributed by atoms with Crippen LogP contribution in [0, 0.1) is 18.6 Å². The first-order valence-corrected chi connectivity index (χ1v) is 14.0. The highest BCUT2D eigenvalue weighted by molar-refractivity contribution is 5.71. The van der Waals surface area contributed by atoms with Crippen LogP contribution in [0.4, 0.5) is 30.9 Å². The Bertz CT molecular complexity index is 1440. The van der Waals surface area contributed by atoms with Gasteiger partial charge < -0.3 is 29.2 Å². The molecular formula is C31H39F2N5O5. The van der Waals surface area contributed by atoms with E-state index in [0.717, 1.165) is 5.69 Å². The van der Waals surface area contributed by atoms with E-state index >= 15 is 0 Å². The minimum absolute atomic E-state index is 0.0539. The molecule has 2 atom stereocenters. The van der Waals surface area contributed by atoms with Gasteiger partial charge in [0.1, 0.15) is 23.8 Å². The lowest BCUT2D eigenvalue weighted by atomic mass is 10.1. The van der Waals surface area contributed by atoms with Crippen LogP contribution in [0.3, 0.4) is 0 Å². The summed E-state index contributed by atoms with van der Waals surface area (Å²) in [6.45, 7) is 12.0. The molecule has 232 valence electrons. The van der Waals surface area contributed by atoms with Crippen LogP contribution >= 0.6 is 0 Å². The average molecular weight is 600 g/mol. The van der Waals surface area contributed by atoms with Crippen molar-refractivity contribution in [3.05, 3.63) is 59.4 Å². The van der Waals surface area contributed by atoms with E-state index in [2.05, 4.69) is 20.2 Å². The Morgan fingerprint density at radius 2 is 1.63 bits per heavy atom. The normalized spacial score (nSPS) is 17.0. The number of carbonyl (C=O) groups is 1. The number of methoxy groups -OCH3 is 2. The molecule has 0 aliphatic carbocycles. The van der Waals surface area contributed by atoms with Crippen LogP contribution in [0.25, 0.3) is 0 Å². The van der Waals surface area contributed by atoms with Crippen LogP contribution < -0.4 is 24.4 Å². The van der Waals surface area contributed by atoms with E-state index < -0.39 is 17.2 Å². The Morgan fingerprint density at radius 3 is 2.21 bits per heavy atom. The number of anilines is 3. The molecule has 2 heterocycles. The van der Waals surface area contributed by atoms with Crippen molar-refractivity contribution in [2.75, 3.05) is 37.5 Å². The van der Waals surface area contributed by atoms with Gasteiger partial charge in [0.25, 0.3) is 0 Å². The highest BCUT2D eigenvalue weighted by Crippen LogP contribution is 2.35. The van der Waals surface area contributed by atoms with Gasteiger partial charge in [-0.25, -0.2) is 23.5 Å². The van der Waals surface area contributed by atoms with E-state index in [1.807, 2.05) is 52.8 Å². The van der Waals surface area contributed by atoms with E-state index in [9.17, 15) is 13.6 Å². The fourth-order valence-electron chi connectivity index (χ4n) is 5.03. The van der Waals surface area contributed by atoms with Crippen molar-refractivity contribution in [1.82, 2.24) is 14.9 Å². The van der Waals surface area contributed by atoms with Gasteiger partial charge in [-0.15, -0.1) is 0 Å². The molecule has 1 fully saturated rings. The lowest BCUT2D eigenvalue weighted by Crippen LogP contribution is -2.59. The first kappa shape index (κ1) is 31.6. The molecule has 1 aliphatic heterocycles. The second kappa shape index (κ2) is 12.9. The molecule has 2 aromatic carbocycles. The van der Waals surface area contributed by atoms with Gasteiger partial charge in [-0.3, -0.25) is 4.90 Å². The van der Waals surface area contributed by atoms with Crippen molar-refractivity contribution < 1.29 is 32.5 Å². The van der Waals surface area contributed by atoms with Gasteiger partial charge in [0.05, 0.1) is 49.9 Å². The van der Waals surface area contributed by atoms with Gasteiger partial charge in [0.15, 0.2) is 17.3 Å². The summed E-state index contributed by atoms with van der Waals surface area (Å²) in [7, 11) is 2.92. The number of aromatic nitrogens is 2. The summed E-state index contributed by atoms with van der Waals surface area (Å²) in [5.41, 5.74) is 1.04. The third kappa shape index (κ3) is 7.36. The maximum absolute atomic E-state index is 14.6. The summed E-state index contributed by atoms with van der Waals surface area (Å²) in [4.78, 5) is 25.3. The number of halogens is 2. The zero-order valence-corrected chi connectivity index (χ0v) is 25.8. The Kier molecular flexibility index (Phi) is 9.46. The number of hydrogen-bond donors (Lipinski definition) is 1. The van der Waals surface area contributed by atoms with Gasteiger partial charge in [-0.1, -0.05) is 0 Å². The average Bonchev–Trinajstić information content (AvgIpc) is 2.94. The highest BCUT2D eigenvalue weighted by Gasteiger charge is 2.36. The van der Waals surface area contributed by atoms with E-state index in [4.69, 9.17) is 18.9 Å². The molecule has 1 aliphatic rings. The van der Waals surface area contributed by atoms with Crippen molar-refractivity contribution in [3.63, 3.8) is 0 Å². The fraction of sp³-hybridized carbons (Fsp3) is 0.452. The maximum atomic E-state index is 14.6. The molecule has 1 aromatic heterocycles. The number of carbonyl (C=O) groups excluding carboxylic acids is 1. The Balaban J connectivity index is 1.41. The summed E-state index contributed by atoms with van der Waals surface area (Å²) < 4.78 is 50.9. The van der Waals surface area contributed by atoms with E-state index in [-0.39, 0.29) is 47.4 Å². The number of benzene rings is 2. The number of piperazine rings is 1. The van der Waals surface area contributed by atoms with Gasteiger partial charge in [0, 0.05) is 24.8 Å². The van der Waals surface area contributed by atoms with E-state index in [1.54, 1.807) is 12.0 Å². The van der Waals surface area contributed by atoms with Crippen molar-refractivity contribution in [3.8, 4) is 17.2 Å². The topological polar surface area (TPSA) is 98.3 Å². The first-order chi connectivity index (χ1) is 20.3. The van der Waals surface area contributed by atoms with Crippen LogP contribution in [0.15, 0.2) is 36.7 Å². The van der Waals surface area contributed by atoms with Crippen LogP contribution in [-0.4, -0.2) is 66.0 Å². The van der Waals surface area contributed by atoms with Gasteiger partial charge in [-0.05, 0) is 65.3 Å². The minimum Gasteiger partial charge on any atom is -0.495 e. The third-order valence-electron chi connectivity index (χ3n) is 6.97. The molecule has 3 aromatic rings. The largest absolute Gasteiger partial charge is 0.495 e. The van der Waals surface area contributed by atoms with Crippen molar-refractivity contribution >= 4 is 23.4 Å². The molecule has 12 heteroatoms. The fourth-order valence-corrected chi connectivity index (χ4v) is 5.03. The lowest BCUT2D eigenvalue weighted by molar-refractivity contribution is 0.00564. The predicted octanol–water partition coefficient (Wildman–Crippen LogP) is 6.24. The number of rotatable bonds is 8. The second-order valence-electron chi connectivity index (χ2n) is 11.5. The van der Waals surface area contributed by atoms with Crippen molar-refractivity contribution in [2.45, 2.75) is 65.8 Å². The molecule has 1 N–H and O–H groups in total. The molecule has 1 saturated heterocycles. The summed E-state index contributed by atoms with van der Waals surface area (Å²) in [6, 6.07) is 6.83. The maximum Gasteiger partial charge on any atom is 0.410 e. The monoisotopic (exact) mass is 599 g/mol. The van der Waals surface area contributed by atoms with Crippen molar-refractivity contribution in [2.24, 2.45) is 0 Å². The first-order valence-electron chi connectivity index (χ1n) is 14.0. The summed E-state index contributed by atoms with van der Waals surface area (Å²) in [6.07, 6.45) is 2.51. The smallest absolute Gasteiger partial charge is 0.410 e. The zero-order valence-electron chi connectivity index (χ0n) is 25.8. The molecular weight excluding hydrogens is 560 g/mol. The number of amides is 1. The van der Waals surface area contributed by atoms with Crippen LogP contribution in [-0.2, 0) is 11.3 Å². The zero-order chi connectivity index (χ0) is 31.5. The standard InChI is InChI=1S/C31H39F2N5O5/c1-18-11-26(41-8)28(33)23(27(18)32)17-42-22-13-34-29(35-14-22)36-21-9-10-24(25(12-21)40-7)37-15-19(2)38(20(3)16-37)30(39)43-31(4,5)6/h9-14,19-20H,15-17H2,1-8H3,(H,34,35,36)/t19-,20+. The van der Waals surface area contributed by atoms with Crippen LogP contribution in [0.2, 0.25) is 0 Å². The molecule has 0 radical (unpaired) electrons. The van der Waals surface area contributed by atoms with Crippen LogP contribution in [0.1, 0.15) is 45.7 Å². The Hall–Kier alpha value is -4.35. The van der Waals surface area contributed by atoms with Gasteiger partial charge in [-0.2, -0.15) is 0 Å². The van der Waals surface area contributed by atoms with Crippen molar-refractivity contribution in [1.29, 1.82) is 0 Å². The molecule has 0 spiro atoms. The molecule has 0 saturated carbocycles. The second-order valence-corrected chi connectivity index (χ2v) is 11.5. The number of nitrogens with zero attached hydrogens (tertiary/aromatic N) is 4. The molecule has 0 bridgehead atoms. The highest BCUT2D eigenvalue weighted by atomic mass is 19.1. The molecule has 10 nitrogen and oxygen atoms in total. The third-order valence-corrected chi connectivity index (χ3v) is 6.97. The van der Waals surface area contributed by atoms with E-state index in [0.29, 0.717) is 30.5 Å². The number of ether oxygens (including phenoxy) is 4. The van der Waals surface area contributed by atoms with E-state index in [1.165, 1.54) is 32.5 Å². The summed E-state index contributed by atoms with van der Waals surface area (Å²) >= 11 is 0. The SMILES string of the molecule is COc1cc(Nc2ncc(OCc3c(F)c(C)cc(OC)c3F)cn2)ccc1N1C[C@@H](C)N(C(=O)OC(C)(C)C)[C@@H](C)C1. The molecule has 43 heavy (non-hydrogen) atoms. The number of aryl methyl sites for hydroxylation is 1. The number of nitrogens with one attached hydrogen (secondary N) is 1. The van der Waals surface area contributed by atoms with Gasteiger partial charge >= 0.3 is 6.09 Å². The molecule has 4 rings (SSSR count). The lowest BCUT2D eigenvalue weighted by Gasteiger charge is -2.45. The quantitative estimate of drug-likeness (QED) is 0.323. The Morgan fingerprint density at radius 1 is 1.00 bits per heavy atom. The predicted molar refractivity (Wildman–Crippen MR) is 159 cm³/mol. The summed E-state index contributed by atoms with van der Waals surface area (Å²) in [5, 5.41) is 3.13. The van der Waals surface area contributed by atoms with Gasteiger partial charge in [0.2, 0.25) is 5.95 Å². The molecule has 1 amide bonds. The minimum atomic E-state index is -0.809. The Labute approximate surface area is 250 Å². The molecule has 0 unspecified atom stereocenters. The number of hydrogen-bond acceptors (Lipinski definition) is 9. The van der Waals surface area contributed by atoms with Crippen LogP contribution in [0.5, 0.6) is 17.2 Å². The summed E-state index contributed by atoms with van der Waals surface area (Å²) in [5.74, 6) is -0.370.